The second-order valence-electron chi connectivity index (χ2n) is 6.92. The summed E-state index contributed by atoms with van der Waals surface area (Å²) in [6.45, 7) is 1.23. The summed E-state index contributed by atoms with van der Waals surface area (Å²) >= 11 is 0. The highest BCUT2D eigenvalue weighted by atomic mass is 16.2. The highest BCUT2D eigenvalue weighted by Gasteiger charge is 2.29. The summed E-state index contributed by atoms with van der Waals surface area (Å²) in [6.07, 6.45) is 7.64. The van der Waals surface area contributed by atoms with E-state index in [1.807, 2.05) is 30.3 Å². The predicted molar refractivity (Wildman–Crippen MR) is 94.8 cm³/mol. The van der Waals surface area contributed by atoms with Crippen molar-refractivity contribution in [3.05, 3.63) is 30.3 Å². The summed E-state index contributed by atoms with van der Waals surface area (Å²) in [5, 5.41) is 6.11. The minimum atomic E-state index is -0.114. The van der Waals surface area contributed by atoms with Crippen molar-refractivity contribution in [2.75, 3.05) is 18.4 Å². The van der Waals surface area contributed by atoms with E-state index in [0.717, 1.165) is 31.4 Å². The zero-order valence-corrected chi connectivity index (χ0v) is 14.2. The van der Waals surface area contributed by atoms with Gasteiger partial charge in [0.25, 0.3) is 0 Å². The number of carbonyl (C=O) groups excluding carboxylic acids is 2. The van der Waals surface area contributed by atoms with E-state index in [-0.39, 0.29) is 17.9 Å². The van der Waals surface area contributed by atoms with E-state index in [4.69, 9.17) is 0 Å². The number of nitrogens with one attached hydrogen (secondary N) is 2. The molecule has 1 unspecified atom stereocenters. The van der Waals surface area contributed by atoms with Crippen LogP contribution in [0.15, 0.2) is 30.3 Å². The maximum atomic E-state index is 12.5. The highest BCUT2D eigenvalue weighted by Crippen LogP contribution is 2.21. The minimum absolute atomic E-state index is 0.0813. The molecule has 5 nitrogen and oxygen atoms in total. The minimum Gasteiger partial charge on any atom is -0.353 e. The van der Waals surface area contributed by atoms with E-state index < -0.39 is 0 Å². The van der Waals surface area contributed by atoms with Gasteiger partial charge in [-0.1, -0.05) is 37.5 Å². The van der Waals surface area contributed by atoms with Gasteiger partial charge >= 0.3 is 6.03 Å². The number of benzene rings is 1. The van der Waals surface area contributed by atoms with Crippen LogP contribution in [-0.4, -0.2) is 36.0 Å². The van der Waals surface area contributed by atoms with Crippen molar-refractivity contribution >= 4 is 17.6 Å². The first-order valence-corrected chi connectivity index (χ1v) is 9.14. The van der Waals surface area contributed by atoms with Gasteiger partial charge < -0.3 is 15.5 Å². The summed E-state index contributed by atoms with van der Waals surface area (Å²) in [7, 11) is 0. The Labute approximate surface area is 143 Å². The number of urea groups is 1. The Kier molecular flexibility index (Phi) is 5.72. The summed E-state index contributed by atoms with van der Waals surface area (Å²) < 4.78 is 0. The molecule has 0 radical (unpaired) electrons. The average Bonchev–Trinajstić information content (AvgIpc) is 2.63. The lowest BCUT2D eigenvalue weighted by Crippen LogP contribution is -2.48. The summed E-state index contributed by atoms with van der Waals surface area (Å²) in [5.74, 6) is 0.0429. The van der Waals surface area contributed by atoms with Crippen molar-refractivity contribution in [1.29, 1.82) is 0 Å². The molecule has 1 saturated carbocycles. The number of nitrogens with zero attached hydrogens (tertiary/aromatic N) is 1. The Balaban J connectivity index is 1.51. The van der Waals surface area contributed by atoms with E-state index in [0.29, 0.717) is 19.1 Å². The Hall–Kier alpha value is -2.04. The molecule has 1 heterocycles. The Morgan fingerprint density at radius 2 is 1.71 bits per heavy atom. The van der Waals surface area contributed by atoms with Gasteiger partial charge in [0.15, 0.2) is 0 Å². The number of carbonyl (C=O) groups is 2. The van der Waals surface area contributed by atoms with Crippen molar-refractivity contribution < 1.29 is 9.59 Å². The van der Waals surface area contributed by atoms with Crippen LogP contribution >= 0.6 is 0 Å². The van der Waals surface area contributed by atoms with Crippen LogP contribution in [0.5, 0.6) is 0 Å². The predicted octanol–water partition coefficient (Wildman–Crippen LogP) is 3.38. The van der Waals surface area contributed by atoms with Crippen LogP contribution in [-0.2, 0) is 4.79 Å². The van der Waals surface area contributed by atoms with Crippen molar-refractivity contribution in [2.24, 2.45) is 5.92 Å². The first-order chi connectivity index (χ1) is 11.7. The largest absolute Gasteiger partial charge is 0.353 e. The number of piperidine rings is 1. The SMILES string of the molecule is O=C(NC1CCCCC1)C1CCCN(C(=O)Nc2ccccc2)C1. The molecule has 0 spiro atoms. The first-order valence-electron chi connectivity index (χ1n) is 9.14. The number of amides is 3. The second kappa shape index (κ2) is 8.18. The molecule has 1 atom stereocenters. The summed E-state index contributed by atoms with van der Waals surface area (Å²) in [6, 6.07) is 9.67. The Morgan fingerprint density at radius 3 is 2.46 bits per heavy atom. The van der Waals surface area contributed by atoms with Gasteiger partial charge in [0.1, 0.15) is 0 Å². The Morgan fingerprint density at radius 1 is 0.958 bits per heavy atom. The Bertz CT molecular complexity index is 555. The second-order valence-corrected chi connectivity index (χ2v) is 6.92. The lowest BCUT2D eigenvalue weighted by atomic mass is 9.93. The van der Waals surface area contributed by atoms with Gasteiger partial charge in [0.2, 0.25) is 5.91 Å². The standard InChI is InChI=1S/C19H27N3O2/c23-18(20-16-9-3-1-4-10-16)15-8-7-13-22(14-15)19(24)21-17-11-5-2-6-12-17/h2,5-6,11-12,15-16H,1,3-4,7-10,13-14H2,(H,20,23)(H,21,24). The van der Waals surface area contributed by atoms with E-state index in [9.17, 15) is 9.59 Å². The number of para-hydroxylation sites is 1. The third-order valence-corrected chi connectivity index (χ3v) is 5.06. The molecule has 1 aliphatic carbocycles. The van der Waals surface area contributed by atoms with E-state index in [1.165, 1.54) is 19.3 Å². The van der Waals surface area contributed by atoms with Gasteiger partial charge in [-0.25, -0.2) is 4.79 Å². The molecule has 1 aromatic carbocycles. The maximum Gasteiger partial charge on any atom is 0.321 e. The molecular weight excluding hydrogens is 302 g/mol. The zero-order chi connectivity index (χ0) is 16.8. The maximum absolute atomic E-state index is 12.5. The molecule has 0 aromatic heterocycles. The number of hydrogen-bond donors (Lipinski definition) is 2. The molecule has 1 saturated heterocycles. The highest BCUT2D eigenvalue weighted by molar-refractivity contribution is 5.90. The molecule has 1 aromatic rings. The van der Waals surface area contributed by atoms with Gasteiger partial charge in [-0.3, -0.25) is 4.79 Å². The van der Waals surface area contributed by atoms with Gasteiger partial charge in [-0.15, -0.1) is 0 Å². The van der Waals surface area contributed by atoms with Gasteiger partial charge in [0.05, 0.1) is 5.92 Å². The molecular formula is C19H27N3O2. The van der Waals surface area contributed by atoms with Crippen LogP contribution in [0.25, 0.3) is 0 Å². The number of hydrogen-bond acceptors (Lipinski definition) is 2. The molecule has 24 heavy (non-hydrogen) atoms. The van der Waals surface area contributed by atoms with Crippen LogP contribution in [0.1, 0.15) is 44.9 Å². The third-order valence-electron chi connectivity index (χ3n) is 5.06. The van der Waals surface area contributed by atoms with Crippen LogP contribution in [0.3, 0.4) is 0 Å². The summed E-state index contributed by atoms with van der Waals surface area (Å²) in [4.78, 5) is 26.7. The molecule has 0 bridgehead atoms. The van der Waals surface area contributed by atoms with Crippen LogP contribution in [0.4, 0.5) is 10.5 Å². The fourth-order valence-electron chi connectivity index (χ4n) is 3.67. The molecule has 3 rings (SSSR count). The van der Waals surface area contributed by atoms with Crippen LogP contribution in [0.2, 0.25) is 0 Å². The monoisotopic (exact) mass is 329 g/mol. The molecule has 2 fully saturated rings. The normalized spacial score (nSPS) is 22.0. The number of rotatable bonds is 3. The number of anilines is 1. The smallest absolute Gasteiger partial charge is 0.321 e. The molecule has 5 heteroatoms. The van der Waals surface area contributed by atoms with E-state index >= 15 is 0 Å². The van der Waals surface area contributed by atoms with Crippen molar-refractivity contribution in [3.63, 3.8) is 0 Å². The molecule has 2 aliphatic rings. The first kappa shape index (κ1) is 16.8. The molecule has 3 amide bonds. The van der Waals surface area contributed by atoms with Crippen LogP contribution in [0, 0.1) is 5.92 Å². The quantitative estimate of drug-likeness (QED) is 0.893. The summed E-state index contributed by atoms with van der Waals surface area (Å²) in [5.41, 5.74) is 0.788. The fraction of sp³-hybridized carbons (Fsp3) is 0.579. The van der Waals surface area contributed by atoms with E-state index in [1.54, 1.807) is 4.90 Å². The van der Waals surface area contributed by atoms with Gasteiger partial charge in [0, 0.05) is 24.8 Å². The lowest BCUT2D eigenvalue weighted by Gasteiger charge is -2.33. The van der Waals surface area contributed by atoms with Crippen molar-refractivity contribution in [2.45, 2.75) is 51.0 Å². The number of likely N-dealkylation sites (tertiary alicyclic amines) is 1. The molecule has 2 N–H and O–H groups in total. The van der Waals surface area contributed by atoms with Crippen LogP contribution < -0.4 is 10.6 Å². The zero-order valence-electron chi connectivity index (χ0n) is 14.2. The van der Waals surface area contributed by atoms with E-state index in [2.05, 4.69) is 10.6 Å². The van der Waals surface area contributed by atoms with Gasteiger partial charge in [-0.05, 0) is 37.8 Å². The lowest BCUT2D eigenvalue weighted by molar-refractivity contribution is -0.127. The van der Waals surface area contributed by atoms with Crippen molar-refractivity contribution in [3.8, 4) is 0 Å². The third kappa shape index (κ3) is 4.49. The van der Waals surface area contributed by atoms with Gasteiger partial charge in [-0.2, -0.15) is 0 Å². The average molecular weight is 329 g/mol. The molecule has 130 valence electrons. The van der Waals surface area contributed by atoms with Crippen molar-refractivity contribution in [1.82, 2.24) is 10.2 Å². The fourth-order valence-corrected chi connectivity index (χ4v) is 3.67. The molecule has 1 aliphatic heterocycles. The topological polar surface area (TPSA) is 61.4 Å².